The van der Waals surface area contributed by atoms with Crippen molar-refractivity contribution in [2.75, 3.05) is 11.1 Å². The maximum absolute atomic E-state index is 14.1. The lowest BCUT2D eigenvalue weighted by Gasteiger charge is -2.21. The molecule has 12 heteroatoms. The molecule has 0 fully saturated rings. The van der Waals surface area contributed by atoms with Crippen LogP contribution in [0.1, 0.15) is 25.8 Å². The molecule has 1 aliphatic heterocycles. The number of aromatic nitrogens is 2. The minimum atomic E-state index is -4.26. The van der Waals surface area contributed by atoms with Crippen molar-refractivity contribution in [2.45, 2.75) is 31.7 Å². The molecule has 36 heavy (non-hydrogen) atoms. The van der Waals surface area contributed by atoms with Gasteiger partial charge in [0.2, 0.25) is 0 Å². The third kappa shape index (κ3) is 4.11. The van der Waals surface area contributed by atoms with Gasteiger partial charge in [-0.2, -0.15) is 8.42 Å². The van der Waals surface area contributed by atoms with E-state index in [-0.39, 0.29) is 33.3 Å². The molecule has 0 radical (unpaired) electrons. The molecule has 0 saturated heterocycles. The fraction of sp³-hybridized carbons (Fsp3) is 0.208. The van der Waals surface area contributed by atoms with Gasteiger partial charge in [-0.3, -0.25) is 4.79 Å². The number of halogens is 1. The first-order valence-corrected chi connectivity index (χ1v) is 13.4. The second-order valence-electron chi connectivity index (χ2n) is 8.85. The van der Waals surface area contributed by atoms with Gasteiger partial charge >= 0.3 is 0 Å². The molecule has 4 aromatic rings. The Balaban J connectivity index is 1.68. The Labute approximate surface area is 209 Å². The van der Waals surface area contributed by atoms with Crippen LogP contribution in [0, 0.1) is 11.7 Å². The number of nitrogens with one attached hydrogen (secondary N) is 1. The van der Waals surface area contributed by atoms with E-state index >= 15 is 0 Å². The third-order valence-corrected chi connectivity index (χ3v) is 7.90. The van der Waals surface area contributed by atoms with E-state index in [1.807, 2.05) is 13.8 Å². The number of fused-ring (bicyclic) bond motifs is 2. The van der Waals surface area contributed by atoms with E-state index < -0.39 is 27.1 Å². The van der Waals surface area contributed by atoms with Crippen LogP contribution < -0.4 is 16.6 Å². The Morgan fingerprint density at radius 2 is 2.00 bits per heavy atom. The Morgan fingerprint density at radius 3 is 2.69 bits per heavy atom. The molecular formula is C24H22FN5O4S2. The van der Waals surface area contributed by atoms with E-state index in [9.17, 15) is 22.7 Å². The topological polar surface area (TPSA) is 140 Å². The SMILES string of the molecule is CC(C)CCn1c(=O)c(C2=NS(=O)(=O)c3cc(-c4csc(N)n4)ccc3N2)c(O)c2cc(F)ccc21. The smallest absolute Gasteiger partial charge is 0.286 e. The second kappa shape index (κ2) is 8.71. The van der Waals surface area contributed by atoms with Crippen LogP contribution >= 0.6 is 11.3 Å². The van der Waals surface area contributed by atoms with Gasteiger partial charge in [0.05, 0.1) is 16.9 Å². The van der Waals surface area contributed by atoms with Gasteiger partial charge in [0.1, 0.15) is 22.0 Å². The molecule has 0 spiro atoms. The molecule has 2 aromatic carbocycles. The van der Waals surface area contributed by atoms with Gasteiger partial charge in [0, 0.05) is 22.9 Å². The Hall–Kier alpha value is -3.77. The average Bonchev–Trinajstić information content (AvgIpc) is 3.25. The molecule has 1 aliphatic rings. The number of benzene rings is 2. The molecule has 5 rings (SSSR count). The molecule has 0 unspecified atom stereocenters. The van der Waals surface area contributed by atoms with Crippen molar-refractivity contribution in [2.24, 2.45) is 10.3 Å². The minimum absolute atomic E-state index is 0.0810. The van der Waals surface area contributed by atoms with Crippen LogP contribution in [-0.2, 0) is 16.6 Å². The number of nitrogens with two attached hydrogens (primary N) is 1. The van der Waals surface area contributed by atoms with Crippen molar-refractivity contribution >= 4 is 48.9 Å². The lowest BCUT2D eigenvalue weighted by molar-refractivity contribution is 0.473. The lowest BCUT2D eigenvalue weighted by atomic mass is 10.1. The van der Waals surface area contributed by atoms with E-state index in [2.05, 4.69) is 14.7 Å². The number of pyridine rings is 1. The monoisotopic (exact) mass is 527 g/mol. The van der Waals surface area contributed by atoms with Crippen molar-refractivity contribution in [3.63, 3.8) is 0 Å². The number of nitrogen functional groups attached to an aromatic ring is 1. The minimum Gasteiger partial charge on any atom is -0.506 e. The van der Waals surface area contributed by atoms with Crippen LogP contribution in [0.2, 0.25) is 0 Å². The summed E-state index contributed by atoms with van der Waals surface area (Å²) < 4.78 is 45.6. The molecule has 4 N–H and O–H groups in total. The number of thiazole rings is 1. The van der Waals surface area contributed by atoms with E-state index in [4.69, 9.17) is 5.73 Å². The van der Waals surface area contributed by atoms with Crippen LogP contribution in [0.25, 0.3) is 22.2 Å². The number of rotatable bonds is 5. The largest absolute Gasteiger partial charge is 0.506 e. The van der Waals surface area contributed by atoms with Gasteiger partial charge in [-0.1, -0.05) is 19.9 Å². The van der Waals surface area contributed by atoms with Gasteiger partial charge in [-0.15, -0.1) is 15.7 Å². The summed E-state index contributed by atoms with van der Waals surface area (Å²) in [6.07, 6.45) is 0.640. The highest BCUT2D eigenvalue weighted by Gasteiger charge is 2.30. The summed E-state index contributed by atoms with van der Waals surface area (Å²) >= 11 is 1.23. The number of sulfonamides is 1. The Morgan fingerprint density at radius 1 is 1.22 bits per heavy atom. The lowest BCUT2D eigenvalue weighted by Crippen LogP contribution is -2.33. The number of aryl methyl sites for hydroxylation is 1. The van der Waals surface area contributed by atoms with Crippen LogP contribution in [0.4, 0.5) is 15.2 Å². The Kier molecular flexibility index (Phi) is 5.80. The molecule has 0 amide bonds. The summed E-state index contributed by atoms with van der Waals surface area (Å²) in [6.45, 7) is 4.29. The quantitative estimate of drug-likeness (QED) is 0.354. The summed E-state index contributed by atoms with van der Waals surface area (Å²) in [5.74, 6) is -1.22. The summed E-state index contributed by atoms with van der Waals surface area (Å²) in [5.41, 5.74) is 6.29. The molecule has 0 aliphatic carbocycles. The van der Waals surface area contributed by atoms with Gasteiger partial charge in [-0.25, -0.2) is 9.37 Å². The van der Waals surface area contributed by atoms with Crippen molar-refractivity contribution in [1.29, 1.82) is 0 Å². The summed E-state index contributed by atoms with van der Waals surface area (Å²) in [5, 5.41) is 16.0. The van der Waals surface area contributed by atoms with E-state index in [0.717, 1.165) is 6.07 Å². The van der Waals surface area contributed by atoms with Crippen LogP contribution in [0.3, 0.4) is 0 Å². The van der Waals surface area contributed by atoms with Gasteiger partial charge in [0.25, 0.3) is 15.6 Å². The van der Waals surface area contributed by atoms with Gasteiger partial charge in [0.15, 0.2) is 11.0 Å². The number of amidine groups is 1. The number of aromatic hydroxyl groups is 1. The van der Waals surface area contributed by atoms with Crippen molar-refractivity contribution in [3.05, 3.63) is 63.5 Å². The molecule has 186 valence electrons. The standard InChI is InChI=1S/C24H22FN5O4S2/c1-12(2)7-8-30-18-6-4-14(25)10-15(18)21(31)20(23(30)32)22-27-16-5-3-13(17-11-35-24(26)28-17)9-19(16)36(33,34)29-22/h3-6,9-12,31H,7-8H2,1-2H3,(H2,26,28)(H,27,29). The first-order chi connectivity index (χ1) is 17.0. The Bertz CT molecular complexity index is 1720. The predicted molar refractivity (Wildman–Crippen MR) is 139 cm³/mol. The van der Waals surface area contributed by atoms with Crippen molar-refractivity contribution in [1.82, 2.24) is 9.55 Å². The predicted octanol–water partition coefficient (Wildman–Crippen LogP) is 4.16. The number of nitrogens with zero attached hydrogens (tertiary/aromatic N) is 3. The highest BCUT2D eigenvalue weighted by molar-refractivity contribution is 7.90. The third-order valence-electron chi connectivity index (χ3n) is 5.91. The van der Waals surface area contributed by atoms with E-state index in [1.54, 1.807) is 11.4 Å². The molecule has 2 aromatic heterocycles. The zero-order valence-electron chi connectivity index (χ0n) is 19.3. The maximum Gasteiger partial charge on any atom is 0.286 e. The van der Waals surface area contributed by atoms with Crippen LogP contribution in [0.15, 0.2) is 55.9 Å². The molecule has 0 saturated carbocycles. The van der Waals surface area contributed by atoms with E-state index in [1.165, 1.54) is 40.2 Å². The number of hydrogen-bond acceptors (Lipinski definition) is 8. The summed E-state index contributed by atoms with van der Waals surface area (Å²) in [7, 11) is -4.26. The molecule has 3 heterocycles. The molecule has 0 atom stereocenters. The highest BCUT2D eigenvalue weighted by atomic mass is 32.2. The first-order valence-electron chi connectivity index (χ1n) is 11.1. The normalized spacial score (nSPS) is 14.5. The van der Waals surface area contributed by atoms with Crippen molar-refractivity contribution < 1.29 is 17.9 Å². The van der Waals surface area contributed by atoms with Crippen molar-refractivity contribution in [3.8, 4) is 17.0 Å². The molecule has 9 nitrogen and oxygen atoms in total. The highest BCUT2D eigenvalue weighted by Crippen LogP contribution is 2.35. The number of anilines is 2. The first kappa shape index (κ1) is 23.9. The molecular weight excluding hydrogens is 505 g/mol. The maximum atomic E-state index is 14.1. The average molecular weight is 528 g/mol. The fourth-order valence-electron chi connectivity index (χ4n) is 4.08. The van der Waals surface area contributed by atoms with Gasteiger partial charge in [-0.05, 0) is 42.7 Å². The zero-order valence-corrected chi connectivity index (χ0v) is 21.0. The second-order valence-corrected chi connectivity index (χ2v) is 11.3. The number of hydrogen-bond donors (Lipinski definition) is 3. The zero-order chi connectivity index (χ0) is 25.8. The van der Waals surface area contributed by atoms with Gasteiger partial charge < -0.3 is 20.7 Å². The van der Waals surface area contributed by atoms with E-state index in [0.29, 0.717) is 34.9 Å². The van der Waals surface area contributed by atoms with Crippen LogP contribution in [-0.4, -0.2) is 28.9 Å². The summed E-state index contributed by atoms with van der Waals surface area (Å²) in [4.78, 5) is 17.6. The molecule has 0 bridgehead atoms. The summed E-state index contributed by atoms with van der Waals surface area (Å²) in [6, 6.07) is 8.35. The van der Waals surface area contributed by atoms with Crippen LogP contribution in [0.5, 0.6) is 5.75 Å². The fourth-order valence-corrected chi connectivity index (χ4v) is 5.80.